The standard InChI is InChI=1S/C17H12ClN3S/c18-13-6-7-14-16(8-13)21(9-12-4-2-1-3-5-12)17(20-14)15-10-22-11-19-15/h1-8,10-11H,9H2. The Bertz CT molecular complexity index is 914. The summed E-state index contributed by atoms with van der Waals surface area (Å²) in [5.74, 6) is 0.877. The van der Waals surface area contributed by atoms with Crippen LogP contribution in [0.1, 0.15) is 5.56 Å². The molecule has 0 spiro atoms. The highest BCUT2D eigenvalue weighted by Gasteiger charge is 2.14. The zero-order valence-electron chi connectivity index (χ0n) is 11.6. The predicted octanol–water partition coefficient (Wildman–Crippen LogP) is 4.86. The van der Waals surface area contributed by atoms with Crippen molar-refractivity contribution >= 4 is 34.0 Å². The fraction of sp³-hybridized carbons (Fsp3) is 0.0588. The van der Waals surface area contributed by atoms with E-state index in [9.17, 15) is 0 Å². The molecule has 3 nitrogen and oxygen atoms in total. The third-order valence-corrected chi connectivity index (χ3v) is 4.38. The van der Waals surface area contributed by atoms with Crippen molar-refractivity contribution in [2.24, 2.45) is 0 Å². The lowest BCUT2D eigenvalue weighted by atomic mass is 10.2. The number of benzene rings is 2. The van der Waals surface area contributed by atoms with Crippen molar-refractivity contribution in [3.05, 3.63) is 70.0 Å². The van der Waals surface area contributed by atoms with Crippen molar-refractivity contribution in [3.8, 4) is 11.5 Å². The summed E-state index contributed by atoms with van der Waals surface area (Å²) in [6.07, 6.45) is 0. The van der Waals surface area contributed by atoms with Gasteiger partial charge in [0.1, 0.15) is 5.69 Å². The van der Waals surface area contributed by atoms with Gasteiger partial charge < -0.3 is 4.57 Å². The third-order valence-electron chi connectivity index (χ3n) is 3.56. The van der Waals surface area contributed by atoms with Gasteiger partial charge in [-0.1, -0.05) is 41.9 Å². The van der Waals surface area contributed by atoms with E-state index in [4.69, 9.17) is 16.6 Å². The number of aromatic nitrogens is 3. The molecule has 2 heterocycles. The second kappa shape index (κ2) is 5.55. The van der Waals surface area contributed by atoms with Crippen molar-refractivity contribution in [1.29, 1.82) is 0 Å². The van der Waals surface area contributed by atoms with Crippen molar-refractivity contribution in [2.45, 2.75) is 6.54 Å². The van der Waals surface area contributed by atoms with Crippen LogP contribution in [-0.2, 0) is 6.54 Å². The molecule has 108 valence electrons. The molecule has 4 aromatic rings. The minimum atomic E-state index is 0.714. The largest absolute Gasteiger partial charge is 0.318 e. The van der Waals surface area contributed by atoms with Gasteiger partial charge in [-0.2, -0.15) is 0 Å². The van der Waals surface area contributed by atoms with Crippen molar-refractivity contribution < 1.29 is 0 Å². The van der Waals surface area contributed by atoms with Gasteiger partial charge in [0, 0.05) is 16.9 Å². The van der Waals surface area contributed by atoms with Gasteiger partial charge in [0.2, 0.25) is 0 Å². The summed E-state index contributed by atoms with van der Waals surface area (Å²) >= 11 is 7.75. The number of hydrogen-bond donors (Lipinski definition) is 0. The van der Waals surface area contributed by atoms with Gasteiger partial charge in [0.25, 0.3) is 0 Å². The Labute approximate surface area is 136 Å². The van der Waals surface area contributed by atoms with Gasteiger partial charge in [-0.25, -0.2) is 9.97 Å². The lowest BCUT2D eigenvalue weighted by Crippen LogP contribution is -2.02. The van der Waals surface area contributed by atoms with Crippen LogP contribution in [0.5, 0.6) is 0 Å². The number of nitrogens with zero attached hydrogens (tertiary/aromatic N) is 3. The molecule has 0 saturated heterocycles. The Morgan fingerprint density at radius 3 is 2.73 bits per heavy atom. The Kier molecular flexibility index (Phi) is 3.41. The number of fused-ring (bicyclic) bond motifs is 1. The molecule has 0 aliphatic heterocycles. The summed E-state index contributed by atoms with van der Waals surface area (Å²) in [7, 11) is 0. The summed E-state index contributed by atoms with van der Waals surface area (Å²) in [6.45, 7) is 0.741. The summed E-state index contributed by atoms with van der Waals surface area (Å²) in [5.41, 5.74) is 5.91. The zero-order valence-corrected chi connectivity index (χ0v) is 13.2. The molecule has 0 N–H and O–H groups in total. The van der Waals surface area contributed by atoms with E-state index in [2.05, 4.69) is 21.7 Å². The van der Waals surface area contributed by atoms with Crippen LogP contribution in [0.2, 0.25) is 5.02 Å². The maximum absolute atomic E-state index is 6.17. The van der Waals surface area contributed by atoms with Gasteiger partial charge in [-0.05, 0) is 23.8 Å². The maximum atomic E-state index is 6.17. The first-order chi connectivity index (χ1) is 10.8. The molecule has 0 saturated carbocycles. The molecular weight excluding hydrogens is 314 g/mol. The second-order valence-corrected chi connectivity index (χ2v) is 6.17. The predicted molar refractivity (Wildman–Crippen MR) is 91.4 cm³/mol. The van der Waals surface area contributed by atoms with Crippen LogP contribution in [0.3, 0.4) is 0 Å². The van der Waals surface area contributed by atoms with Crippen LogP contribution in [0.25, 0.3) is 22.6 Å². The normalized spacial score (nSPS) is 11.1. The minimum absolute atomic E-state index is 0.714. The molecule has 5 heteroatoms. The zero-order chi connectivity index (χ0) is 14.9. The lowest BCUT2D eigenvalue weighted by molar-refractivity contribution is 0.831. The van der Waals surface area contributed by atoms with E-state index in [1.807, 2.05) is 47.3 Å². The average molecular weight is 326 g/mol. The number of hydrogen-bond acceptors (Lipinski definition) is 3. The SMILES string of the molecule is Clc1ccc2nc(-c3cscn3)n(Cc3ccccc3)c2c1. The van der Waals surface area contributed by atoms with Crippen LogP contribution in [0.4, 0.5) is 0 Å². The molecule has 2 aromatic carbocycles. The van der Waals surface area contributed by atoms with Gasteiger partial charge in [-0.3, -0.25) is 0 Å². The van der Waals surface area contributed by atoms with E-state index in [0.717, 1.165) is 29.1 Å². The summed E-state index contributed by atoms with van der Waals surface area (Å²) in [4.78, 5) is 9.15. The fourth-order valence-corrected chi connectivity index (χ4v) is 3.24. The monoisotopic (exact) mass is 325 g/mol. The highest BCUT2D eigenvalue weighted by atomic mass is 35.5. The number of thiazole rings is 1. The van der Waals surface area contributed by atoms with Crippen LogP contribution in [-0.4, -0.2) is 14.5 Å². The van der Waals surface area contributed by atoms with Crippen LogP contribution >= 0.6 is 22.9 Å². The fourth-order valence-electron chi connectivity index (χ4n) is 2.54. The summed E-state index contributed by atoms with van der Waals surface area (Å²) in [5, 5.41) is 2.73. The molecule has 0 bridgehead atoms. The van der Waals surface area contributed by atoms with Gasteiger partial charge in [-0.15, -0.1) is 11.3 Å². The molecule has 22 heavy (non-hydrogen) atoms. The molecule has 0 unspecified atom stereocenters. The first-order valence-electron chi connectivity index (χ1n) is 6.89. The van der Waals surface area contributed by atoms with E-state index >= 15 is 0 Å². The minimum Gasteiger partial charge on any atom is -0.318 e. The molecule has 0 aliphatic carbocycles. The quantitative estimate of drug-likeness (QED) is 0.538. The molecule has 0 amide bonds. The first-order valence-corrected chi connectivity index (χ1v) is 8.21. The second-order valence-electron chi connectivity index (χ2n) is 5.01. The lowest BCUT2D eigenvalue weighted by Gasteiger charge is -2.08. The maximum Gasteiger partial charge on any atom is 0.160 e. The smallest absolute Gasteiger partial charge is 0.160 e. The van der Waals surface area contributed by atoms with Crippen molar-refractivity contribution in [2.75, 3.05) is 0 Å². The Balaban J connectivity index is 1.93. The van der Waals surface area contributed by atoms with E-state index in [1.165, 1.54) is 5.56 Å². The number of rotatable bonds is 3. The molecule has 0 aliphatic rings. The Morgan fingerprint density at radius 2 is 1.95 bits per heavy atom. The van der Waals surface area contributed by atoms with E-state index in [1.54, 1.807) is 11.3 Å². The highest BCUT2D eigenvalue weighted by Crippen LogP contribution is 2.27. The van der Waals surface area contributed by atoms with Crippen LogP contribution < -0.4 is 0 Å². The molecule has 0 radical (unpaired) electrons. The first kappa shape index (κ1) is 13.5. The Hall–Kier alpha value is -2.17. The molecule has 2 aromatic heterocycles. The number of halogens is 1. The van der Waals surface area contributed by atoms with Gasteiger partial charge >= 0.3 is 0 Å². The summed E-state index contributed by atoms with van der Waals surface area (Å²) < 4.78 is 2.17. The average Bonchev–Trinajstić information content (AvgIpc) is 3.17. The van der Waals surface area contributed by atoms with E-state index in [0.29, 0.717) is 5.02 Å². The van der Waals surface area contributed by atoms with Crippen LogP contribution in [0.15, 0.2) is 59.4 Å². The van der Waals surface area contributed by atoms with Gasteiger partial charge in [0.05, 0.1) is 16.5 Å². The van der Waals surface area contributed by atoms with E-state index < -0.39 is 0 Å². The third kappa shape index (κ3) is 2.40. The van der Waals surface area contributed by atoms with Crippen molar-refractivity contribution in [1.82, 2.24) is 14.5 Å². The van der Waals surface area contributed by atoms with Gasteiger partial charge in [0.15, 0.2) is 5.82 Å². The van der Waals surface area contributed by atoms with Crippen LogP contribution in [0, 0.1) is 0 Å². The molecular formula is C17H12ClN3S. The van der Waals surface area contributed by atoms with E-state index in [-0.39, 0.29) is 0 Å². The number of imidazole rings is 1. The molecule has 0 atom stereocenters. The highest BCUT2D eigenvalue weighted by molar-refractivity contribution is 7.07. The molecule has 0 fully saturated rings. The topological polar surface area (TPSA) is 30.7 Å². The van der Waals surface area contributed by atoms with Crippen molar-refractivity contribution in [3.63, 3.8) is 0 Å². The summed E-state index contributed by atoms with van der Waals surface area (Å²) in [6, 6.07) is 16.1. The molecule has 4 rings (SSSR count). The Morgan fingerprint density at radius 1 is 1.09 bits per heavy atom.